The molecule has 2 aromatic carbocycles. The Morgan fingerprint density at radius 2 is 1.85 bits per heavy atom. The van der Waals surface area contributed by atoms with E-state index in [0.717, 1.165) is 16.1 Å². The van der Waals surface area contributed by atoms with Gasteiger partial charge in [-0.2, -0.15) is 9.61 Å². The second-order valence-corrected chi connectivity index (χ2v) is 9.59. The Kier molecular flexibility index (Phi) is 6.32. The highest BCUT2D eigenvalue weighted by Crippen LogP contribution is 2.25. The number of nitrogens with zero attached hydrogens (tertiary/aromatic N) is 5. The number of halogens is 1. The number of nitrogens with one attached hydrogen (secondary N) is 1. The van der Waals surface area contributed by atoms with Gasteiger partial charge in [0.25, 0.3) is 5.56 Å². The first-order valence-electron chi connectivity index (χ1n) is 11.0. The third-order valence-corrected chi connectivity index (χ3v) is 7.00. The summed E-state index contributed by atoms with van der Waals surface area (Å²) in [6, 6.07) is 16.7. The Balaban J connectivity index is 1.22. The second kappa shape index (κ2) is 9.54. The Labute approximate surface area is 205 Å². The van der Waals surface area contributed by atoms with Gasteiger partial charge in [-0.3, -0.25) is 9.69 Å². The Bertz CT molecular complexity index is 1400. The van der Waals surface area contributed by atoms with Crippen LogP contribution in [0.4, 0.5) is 10.5 Å². The molecule has 3 heterocycles. The van der Waals surface area contributed by atoms with E-state index in [1.807, 2.05) is 55.5 Å². The highest BCUT2D eigenvalue weighted by molar-refractivity contribution is 7.19. The van der Waals surface area contributed by atoms with Gasteiger partial charge in [0.05, 0.1) is 16.4 Å². The van der Waals surface area contributed by atoms with Crippen LogP contribution >= 0.6 is 22.9 Å². The van der Waals surface area contributed by atoms with E-state index in [1.165, 1.54) is 15.9 Å². The third-order valence-electron chi connectivity index (χ3n) is 5.73. The largest absolute Gasteiger partial charge is 0.322 e. The van der Waals surface area contributed by atoms with Crippen molar-refractivity contribution in [3.63, 3.8) is 0 Å². The molecule has 2 amide bonds. The molecule has 1 fully saturated rings. The van der Waals surface area contributed by atoms with E-state index in [4.69, 9.17) is 11.6 Å². The van der Waals surface area contributed by atoms with E-state index in [2.05, 4.69) is 20.3 Å². The highest BCUT2D eigenvalue weighted by Gasteiger charge is 2.22. The Morgan fingerprint density at radius 1 is 1.09 bits per heavy atom. The number of aromatic nitrogens is 3. The fraction of sp³-hybridized carbons (Fsp3) is 0.250. The summed E-state index contributed by atoms with van der Waals surface area (Å²) in [4.78, 5) is 34.5. The van der Waals surface area contributed by atoms with Crippen molar-refractivity contribution in [2.75, 3.05) is 31.5 Å². The van der Waals surface area contributed by atoms with Crippen LogP contribution < -0.4 is 10.9 Å². The van der Waals surface area contributed by atoms with Crippen LogP contribution in [0.1, 0.15) is 11.3 Å². The zero-order valence-corrected chi connectivity index (χ0v) is 20.1. The number of benzene rings is 2. The van der Waals surface area contributed by atoms with E-state index in [-0.39, 0.29) is 11.6 Å². The lowest BCUT2D eigenvalue weighted by Gasteiger charge is -2.34. The van der Waals surface area contributed by atoms with Gasteiger partial charge in [0.2, 0.25) is 4.96 Å². The predicted octanol–water partition coefficient (Wildman–Crippen LogP) is 4.13. The van der Waals surface area contributed by atoms with Crippen LogP contribution in [-0.4, -0.2) is 56.6 Å². The number of amides is 2. The summed E-state index contributed by atoms with van der Waals surface area (Å²) in [7, 11) is 0. The minimum atomic E-state index is -0.188. The topological polar surface area (TPSA) is 82.8 Å². The minimum Gasteiger partial charge on any atom is -0.322 e. The molecule has 1 aliphatic heterocycles. The van der Waals surface area contributed by atoms with E-state index in [9.17, 15) is 9.59 Å². The molecule has 34 heavy (non-hydrogen) atoms. The summed E-state index contributed by atoms with van der Waals surface area (Å²) >= 11 is 7.64. The molecule has 5 rings (SSSR count). The molecule has 8 nitrogen and oxygen atoms in total. The molecule has 10 heteroatoms. The smallest absolute Gasteiger partial charge is 0.321 e. The number of carbonyl (C=O) groups is 1. The molecule has 0 spiro atoms. The lowest BCUT2D eigenvalue weighted by atomic mass is 10.2. The predicted molar refractivity (Wildman–Crippen MR) is 135 cm³/mol. The number of urea groups is 1. The van der Waals surface area contributed by atoms with Crippen molar-refractivity contribution in [2.24, 2.45) is 0 Å². The van der Waals surface area contributed by atoms with Crippen LogP contribution in [0.3, 0.4) is 0 Å². The monoisotopic (exact) mass is 494 g/mol. The number of aryl methyl sites for hydroxylation is 1. The number of carbonyl (C=O) groups excluding carboxylic acids is 1. The zero-order chi connectivity index (χ0) is 23.7. The van der Waals surface area contributed by atoms with Gasteiger partial charge >= 0.3 is 6.03 Å². The second-order valence-electron chi connectivity index (χ2n) is 8.23. The summed E-state index contributed by atoms with van der Waals surface area (Å²) < 4.78 is 1.36. The summed E-state index contributed by atoms with van der Waals surface area (Å²) in [5, 5.41) is 8.61. The molecule has 0 saturated carbocycles. The van der Waals surface area contributed by atoms with E-state index >= 15 is 0 Å². The van der Waals surface area contributed by atoms with Gasteiger partial charge in [0.1, 0.15) is 5.01 Å². The third kappa shape index (κ3) is 4.82. The van der Waals surface area contributed by atoms with Crippen LogP contribution in [0.5, 0.6) is 0 Å². The van der Waals surface area contributed by atoms with Gasteiger partial charge in [0, 0.05) is 44.4 Å². The number of hydrogen-bond donors (Lipinski definition) is 1. The number of rotatable bonds is 4. The molecule has 0 aliphatic carbocycles. The minimum absolute atomic E-state index is 0.165. The zero-order valence-electron chi connectivity index (χ0n) is 18.6. The molecule has 0 bridgehead atoms. The SMILES string of the molecule is Cc1ccc(NC(=O)N2CCN(Cc3cc(=O)n4nc(-c5ccccc5)sc4n3)CC2)c(Cl)c1. The van der Waals surface area contributed by atoms with Crippen molar-refractivity contribution in [2.45, 2.75) is 13.5 Å². The van der Waals surface area contributed by atoms with Crippen LogP contribution in [0.2, 0.25) is 5.02 Å². The van der Waals surface area contributed by atoms with Gasteiger partial charge in [0.15, 0.2) is 0 Å². The van der Waals surface area contributed by atoms with Crippen molar-refractivity contribution >= 4 is 39.6 Å². The average molecular weight is 495 g/mol. The molecule has 0 unspecified atom stereocenters. The van der Waals surface area contributed by atoms with Gasteiger partial charge in [-0.1, -0.05) is 59.3 Å². The molecule has 174 valence electrons. The number of hydrogen-bond acceptors (Lipinski definition) is 6. The lowest BCUT2D eigenvalue weighted by molar-refractivity contribution is 0.142. The van der Waals surface area contributed by atoms with Crippen molar-refractivity contribution in [3.05, 3.63) is 81.2 Å². The summed E-state index contributed by atoms with van der Waals surface area (Å²) in [6.45, 7) is 5.03. The van der Waals surface area contributed by atoms with Crippen molar-refractivity contribution in [1.29, 1.82) is 0 Å². The van der Waals surface area contributed by atoms with Gasteiger partial charge in [-0.15, -0.1) is 0 Å². The van der Waals surface area contributed by atoms with Crippen LogP contribution in [0.15, 0.2) is 59.4 Å². The summed E-state index contributed by atoms with van der Waals surface area (Å²) in [5.74, 6) is 0. The van der Waals surface area contributed by atoms with E-state index in [0.29, 0.717) is 54.1 Å². The number of anilines is 1. The maximum Gasteiger partial charge on any atom is 0.321 e. The van der Waals surface area contributed by atoms with Gasteiger partial charge in [-0.25, -0.2) is 9.78 Å². The molecule has 0 atom stereocenters. The fourth-order valence-corrected chi connectivity index (χ4v) is 5.10. The first kappa shape index (κ1) is 22.5. The first-order chi connectivity index (χ1) is 16.5. The van der Waals surface area contributed by atoms with Crippen LogP contribution in [-0.2, 0) is 6.54 Å². The summed E-state index contributed by atoms with van der Waals surface area (Å²) in [6.07, 6.45) is 0. The van der Waals surface area contributed by atoms with Gasteiger partial charge < -0.3 is 10.2 Å². The van der Waals surface area contributed by atoms with Crippen molar-refractivity contribution in [3.8, 4) is 10.6 Å². The fourth-order valence-electron chi connectivity index (χ4n) is 3.89. The number of fused-ring (bicyclic) bond motifs is 1. The highest BCUT2D eigenvalue weighted by atomic mass is 35.5. The van der Waals surface area contributed by atoms with E-state index in [1.54, 1.807) is 11.0 Å². The van der Waals surface area contributed by atoms with Crippen LogP contribution in [0.25, 0.3) is 15.5 Å². The summed E-state index contributed by atoms with van der Waals surface area (Å²) in [5.41, 5.74) is 3.12. The van der Waals surface area contributed by atoms with Crippen molar-refractivity contribution < 1.29 is 4.79 Å². The normalized spacial score (nSPS) is 14.5. The first-order valence-corrected chi connectivity index (χ1v) is 12.2. The maximum absolute atomic E-state index is 12.7. The molecular weight excluding hydrogens is 472 g/mol. The standard InChI is InChI=1S/C24H23ClN6O2S/c1-16-7-8-20(19(25)13-16)27-23(33)30-11-9-29(10-12-30)15-18-14-21(32)31-24(26-18)34-22(28-31)17-5-3-2-4-6-17/h2-8,13-14H,9-12,15H2,1H3,(H,27,33). The van der Waals surface area contributed by atoms with Crippen LogP contribution in [0, 0.1) is 6.92 Å². The number of piperazine rings is 1. The van der Waals surface area contributed by atoms with Gasteiger partial charge in [-0.05, 0) is 24.6 Å². The average Bonchev–Trinajstić information content (AvgIpc) is 3.27. The molecule has 1 saturated heterocycles. The molecule has 0 radical (unpaired) electrons. The molecule has 2 aromatic heterocycles. The van der Waals surface area contributed by atoms with Crippen molar-refractivity contribution in [1.82, 2.24) is 24.4 Å². The Hall–Kier alpha value is -3.27. The quantitative estimate of drug-likeness (QED) is 0.461. The molecule has 1 N–H and O–H groups in total. The molecule has 1 aliphatic rings. The van der Waals surface area contributed by atoms with E-state index < -0.39 is 0 Å². The maximum atomic E-state index is 12.7. The Morgan fingerprint density at radius 3 is 2.59 bits per heavy atom. The molecular formula is C24H23ClN6O2S. The lowest BCUT2D eigenvalue weighted by Crippen LogP contribution is -2.49. The molecule has 4 aromatic rings.